The first-order chi connectivity index (χ1) is 38.8. The van der Waals surface area contributed by atoms with E-state index in [0.717, 1.165) is 33.3 Å². The molecule has 0 N–H and O–H groups in total. The van der Waals surface area contributed by atoms with Crippen molar-refractivity contribution in [2.24, 2.45) is 0 Å². The molecule has 0 spiro atoms. The lowest BCUT2D eigenvalue weighted by atomic mass is 9.78. The third kappa shape index (κ3) is 13.5. The normalized spacial score (nSPS) is 12.9. The summed E-state index contributed by atoms with van der Waals surface area (Å²) in [5.74, 6) is 1.60. The molecule has 406 valence electrons. The Hall–Kier alpha value is -8.41. The first kappa shape index (κ1) is 58.3. The summed E-state index contributed by atoms with van der Waals surface area (Å²) in [7, 11) is -0.348. The monoisotopic (exact) mass is 1130 g/mol. The Morgan fingerprint density at radius 1 is 0.280 bits per heavy atom. The molecule has 0 aliphatic carbocycles. The number of fused-ring (bicyclic) bond motifs is 2. The molecule has 0 saturated carbocycles. The molecule has 12 heteroatoms. The molecule has 10 aromatic carbocycles. The highest BCUT2D eigenvalue weighted by molar-refractivity contribution is 6.62. The van der Waals surface area contributed by atoms with Gasteiger partial charge in [-0.2, -0.15) is 24.9 Å². The van der Waals surface area contributed by atoms with Gasteiger partial charge in [-0.05, 0) is 164 Å². The van der Waals surface area contributed by atoms with Gasteiger partial charge in [0.05, 0.1) is 11.2 Å². The van der Waals surface area contributed by atoms with Crippen LogP contribution >= 0.6 is 34.8 Å². The van der Waals surface area contributed by atoms with Crippen molar-refractivity contribution in [1.82, 2.24) is 29.9 Å². The number of hydrogen-bond acceptors (Lipinski definition) is 8. The van der Waals surface area contributed by atoms with Gasteiger partial charge in [0.2, 0.25) is 15.9 Å². The summed E-state index contributed by atoms with van der Waals surface area (Å²) in [4.78, 5) is 25.0. The Kier molecular flexibility index (Phi) is 18.2. The van der Waals surface area contributed by atoms with Crippen LogP contribution in [0.25, 0.3) is 100 Å². The van der Waals surface area contributed by atoms with E-state index in [1.54, 1.807) is 0 Å². The molecule has 0 amide bonds. The first-order valence-corrected chi connectivity index (χ1v) is 27.3. The van der Waals surface area contributed by atoms with E-state index in [4.69, 9.17) is 49.1 Å². The predicted molar refractivity (Wildman–Crippen MR) is 343 cm³/mol. The summed E-state index contributed by atoms with van der Waals surface area (Å²) < 4.78 is 12.5. The van der Waals surface area contributed by atoms with Gasteiger partial charge < -0.3 is 9.31 Å². The molecule has 2 aromatic heterocycles. The molecule has 1 aliphatic rings. The van der Waals surface area contributed by atoms with E-state index in [1.165, 1.54) is 54.9 Å². The summed E-state index contributed by atoms with van der Waals surface area (Å²) in [5, 5.41) is 5.27. The second-order valence-electron chi connectivity index (χ2n) is 20.3. The zero-order chi connectivity index (χ0) is 55.2. The predicted octanol–water partition coefficient (Wildman–Crippen LogP) is 18.9. The fraction of sp³-hybridized carbons (Fsp3) is 0.114. The maximum absolute atomic E-state index is 6.27. The molecule has 1 saturated heterocycles. The second kappa shape index (κ2) is 25.6. The molecule has 1 aliphatic heterocycles. The minimum absolute atomic E-state index is 0. The molecule has 0 radical (unpaired) electrons. The zero-order valence-corrected chi connectivity index (χ0v) is 46.6. The maximum Gasteiger partial charge on any atom is 0.494 e. The van der Waals surface area contributed by atoms with Crippen molar-refractivity contribution >= 4 is 68.9 Å². The van der Waals surface area contributed by atoms with Crippen LogP contribution in [0.1, 0.15) is 42.5 Å². The zero-order valence-electron chi connectivity index (χ0n) is 44.3. The molecule has 13 rings (SSSR count). The minimum atomic E-state index is -0.348. The Morgan fingerprint density at radius 3 is 0.988 bits per heavy atom. The van der Waals surface area contributed by atoms with Crippen molar-refractivity contribution in [3.63, 3.8) is 0 Å². The van der Waals surface area contributed by atoms with Gasteiger partial charge in [-0.3, -0.25) is 0 Å². The Morgan fingerprint density at radius 2 is 0.573 bits per heavy atom. The highest BCUT2D eigenvalue weighted by Gasteiger charge is 2.51. The van der Waals surface area contributed by atoms with Gasteiger partial charge in [-0.15, -0.1) is 0 Å². The van der Waals surface area contributed by atoms with Crippen LogP contribution in [0, 0.1) is 0 Å². The number of nitrogens with zero attached hydrogens (tertiary/aromatic N) is 6. The van der Waals surface area contributed by atoms with Gasteiger partial charge in [-0.1, -0.05) is 227 Å². The standard InChI is InChI=1S/C31H20ClN3.C28H27BO2.C9H5Cl2N3.2CH4/c32-31-34-29(22-10-5-2-6-11-22)33-30(35-31)28-13-7-12-23(20-28)25-16-17-26-18-24(14-15-27(26)19-25)21-8-3-1-4-9-21;1-27(2)28(3,4)31-29(30-27)26-12-8-11-21(19-26)23-15-16-24-17-22(13-14-25(24)18-23)20-9-6-5-7-10-20;10-8-12-7(13-9(11)14-8)6-4-2-1-3-5-6;;/h1-20H;5-19H,1-4H3;1-5H;2*1H4. The fourth-order valence-electron chi connectivity index (χ4n) is 9.39. The van der Waals surface area contributed by atoms with Crippen LogP contribution in [0.15, 0.2) is 243 Å². The average Bonchev–Trinajstić information content (AvgIpc) is 3.77. The summed E-state index contributed by atoms with van der Waals surface area (Å²) in [6.45, 7) is 8.35. The van der Waals surface area contributed by atoms with Crippen LogP contribution in [-0.2, 0) is 9.31 Å². The Balaban J connectivity index is 0.000000158. The van der Waals surface area contributed by atoms with Crippen LogP contribution in [0.4, 0.5) is 0 Å². The van der Waals surface area contributed by atoms with Crippen molar-refractivity contribution < 1.29 is 9.31 Å². The van der Waals surface area contributed by atoms with E-state index in [0.29, 0.717) is 17.5 Å². The molecule has 1 fully saturated rings. The number of aromatic nitrogens is 6. The quantitative estimate of drug-likeness (QED) is 0.139. The number of benzene rings is 10. The van der Waals surface area contributed by atoms with Crippen molar-refractivity contribution in [3.05, 3.63) is 259 Å². The van der Waals surface area contributed by atoms with E-state index < -0.39 is 0 Å². The SMILES string of the molecule is C.C.CC1(C)OB(c2cccc(-c3ccc4cc(-c5ccccc5)ccc4c3)c2)OC1(C)C.Clc1nc(-c2ccccc2)nc(-c2cccc(-c3ccc4cc(-c5ccccc5)ccc4c3)c2)n1.Clc1nc(Cl)nc(-c2ccccc2)n1. The smallest absolute Gasteiger partial charge is 0.399 e. The minimum Gasteiger partial charge on any atom is -0.399 e. The maximum atomic E-state index is 6.27. The summed E-state index contributed by atoms with van der Waals surface area (Å²) >= 11 is 17.6. The van der Waals surface area contributed by atoms with E-state index in [-0.39, 0.29) is 49.0 Å². The van der Waals surface area contributed by atoms with Gasteiger partial charge in [0.1, 0.15) is 0 Å². The lowest BCUT2D eigenvalue weighted by Crippen LogP contribution is -2.41. The summed E-state index contributed by atoms with van der Waals surface area (Å²) in [5.41, 5.74) is 12.5. The number of rotatable bonds is 8. The molecule has 12 aromatic rings. The van der Waals surface area contributed by atoms with Gasteiger partial charge in [0.15, 0.2) is 17.5 Å². The molecule has 8 nitrogen and oxygen atoms in total. The number of hydrogen-bond donors (Lipinski definition) is 0. The third-order valence-electron chi connectivity index (χ3n) is 14.3. The highest BCUT2D eigenvalue weighted by atomic mass is 35.5. The van der Waals surface area contributed by atoms with Crippen molar-refractivity contribution in [1.29, 1.82) is 0 Å². The molecule has 0 atom stereocenters. The van der Waals surface area contributed by atoms with E-state index in [1.807, 2.05) is 78.9 Å². The second-order valence-corrected chi connectivity index (χ2v) is 21.3. The lowest BCUT2D eigenvalue weighted by Gasteiger charge is -2.32. The first-order valence-electron chi connectivity index (χ1n) is 26.2. The van der Waals surface area contributed by atoms with Crippen LogP contribution in [0.2, 0.25) is 15.9 Å². The topological polar surface area (TPSA) is 95.8 Å². The van der Waals surface area contributed by atoms with E-state index in [9.17, 15) is 0 Å². The van der Waals surface area contributed by atoms with Crippen LogP contribution in [0.5, 0.6) is 0 Å². The third-order valence-corrected chi connectivity index (χ3v) is 14.9. The molecule has 0 bridgehead atoms. The Labute approximate surface area is 496 Å². The number of halogens is 3. The van der Waals surface area contributed by atoms with Gasteiger partial charge >= 0.3 is 7.12 Å². The van der Waals surface area contributed by atoms with Gasteiger partial charge in [0, 0.05) is 16.7 Å². The lowest BCUT2D eigenvalue weighted by molar-refractivity contribution is 0.00578. The van der Waals surface area contributed by atoms with Crippen LogP contribution < -0.4 is 5.46 Å². The van der Waals surface area contributed by atoms with E-state index >= 15 is 0 Å². The van der Waals surface area contributed by atoms with Crippen LogP contribution in [-0.4, -0.2) is 48.2 Å². The van der Waals surface area contributed by atoms with Crippen molar-refractivity contribution in [2.45, 2.75) is 53.8 Å². The molecule has 0 unspecified atom stereocenters. The molecular weight excluding hydrogens is 1070 g/mol. The molecular formula is C70H60BCl3N6O2. The summed E-state index contributed by atoms with van der Waals surface area (Å²) in [6, 6.07) is 83.4. The Bertz CT molecular complexity index is 4100. The van der Waals surface area contributed by atoms with E-state index in [2.05, 4.69) is 216 Å². The van der Waals surface area contributed by atoms with Crippen LogP contribution in [0.3, 0.4) is 0 Å². The molecule has 3 heterocycles. The fourth-order valence-corrected chi connectivity index (χ4v) is 9.91. The largest absolute Gasteiger partial charge is 0.494 e. The van der Waals surface area contributed by atoms with Gasteiger partial charge in [-0.25, -0.2) is 4.98 Å². The van der Waals surface area contributed by atoms with Crippen molar-refractivity contribution in [3.8, 4) is 78.7 Å². The summed E-state index contributed by atoms with van der Waals surface area (Å²) in [6.07, 6.45) is 0. The van der Waals surface area contributed by atoms with Crippen molar-refractivity contribution in [2.75, 3.05) is 0 Å². The van der Waals surface area contributed by atoms with Gasteiger partial charge in [0.25, 0.3) is 0 Å². The average molecular weight is 1130 g/mol. The highest BCUT2D eigenvalue weighted by Crippen LogP contribution is 2.37. The molecule has 82 heavy (non-hydrogen) atoms.